The Labute approximate surface area is 649 Å². The van der Waals surface area contributed by atoms with Gasteiger partial charge in [0.05, 0.1) is 22.1 Å². The lowest BCUT2D eigenvalue weighted by molar-refractivity contribution is 0.645. The number of anilines is 6. The number of hydrogen-bond acceptors (Lipinski definition) is 7. The molecule has 0 aliphatic carbocycles. The summed E-state index contributed by atoms with van der Waals surface area (Å²) in [6, 6.07) is 134. The van der Waals surface area contributed by atoms with Gasteiger partial charge in [-0.2, -0.15) is 0 Å². The molecule has 0 N–H and O–H groups in total. The van der Waals surface area contributed by atoms with Crippen molar-refractivity contribution in [3.8, 4) is 22.5 Å². The summed E-state index contributed by atoms with van der Waals surface area (Å²) < 4.78 is 32.8. The third-order valence-electron chi connectivity index (χ3n) is 23.1. The Bertz CT molecular complexity index is 8060. The SMILES string of the molecule is c1ccc2c(c1)ccc1c3ccc(N(c4ccc(-n5c6ccccc6c6c7ccccc7oc65)cc4)c4ccc5c(c4)oc4c6ccccc6ccc54)cc3oc21.c1ccc2cc(-c3ccc(N(c4ccc(-n5c6ccccc6c6c7ccccc7sc65)cc4)c4cccc5c4oc4c6ccccc6ccc54)cc3)ccc2c1. The quantitative estimate of drug-likeness (QED) is 0.143. The summed E-state index contributed by atoms with van der Waals surface area (Å²) in [5.74, 6) is 0. The van der Waals surface area contributed by atoms with Crippen molar-refractivity contribution >= 4 is 219 Å². The monoisotopic (exact) mass is 1460 g/mol. The van der Waals surface area contributed by atoms with Crippen LogP contribution < -0.4 is 9.80 Å². The van der Waals surface area contributed by atoms with Crippen LogP contribution in [0.3, 0.4) is 0 Å². The van der Waals surface area contributed by atoms with E-state index in [0.29, 0.717) is 0 Å². The molecule has 0 radical (unpaired) electrons. The number of fused-ring (bicyclic) bond motifs is 26. The van der Waals surface area contributed by atoms with Crippen molar-refractivity contribution < 1.29 is 17.7 Å². The molecule has 0 aliphatic rings. The molecule has 8 nitrogen and oxygen atoms in total. The van der Waals surface area contributed by atoms with E-state index in [1.54, 1.807) is 0 Å². The zero-order valence-electron chi connectivity index (χ0n) is 60.6. The smallest absolute Gasteiger partial charge is 0.213 e. The summed E-state index contributed by atoms with van der Waals surface area (Å²) in [5, 5.41) is 23.3. The van der Waals surface area contributed by atoms with Gasteiger partial charge in [-0.25, -0.2) is 0 Å². The number of hydrogen-bond donors (Lipinski definition) is 0. The van der Waals surface area contributed by atoms with Crippen molar-refractivity contribution in [2.75, 3.05) is 9.80 Å². The Morgan fingerprint density at radius 2 is 0.655 bits per heavy atom. The molecule has 0 aliphatic heterocycles. The van der Waals surface area contributed by atoms with E-state index >= 15 is 0 Å². The van der Waals surface area contributed by atoms with Gasteiger partial charge in [-0.1, -0.05) is 224 Å². The molecule has 0 saturated carbocycles. The highest BCUT2D eigenvalue weighted by molar-refractivity contribution is 7.25. The van der Waals surface area contributed by atoms with E-state index in [4.69, 9.17) is 17.7 Å². The summed E-state index contributed by atoms with van der Waals surface area (Å²) in [6.07, 6.45) is 0. The molecule has 113 heavy (non-hydrogen) atoms. The van der Waals surface area contributed by atoms with Crippen molar-refractivity contribution in [3.05, 3.63) is 376 Å². The summed E-state index contributed by atoms with van der Waals surface area (Å²) in [6.45, 7) is 0. The number of aromatic nitrogens is 2. The van der Waals surface area contributed by atoms with Crippen LogP contribution in [0.1, 0.15) is 0 Å². The predicted molar refractivity (Wildman–Crippen MR) is 473 cm³/mol. The molecule has 0 unspecified atom stereocenters. The Morgan fingerprint density at radius 1 is 0.230 bits per heavy atom. The Balaban J connectivity index is 0.000000131. The number of para-hydroxylation sites is 4. The molecule has 0 fully saturated rings. The van der Waals surface area contributed by atoms with Gasteiger partial charge < -0.3 is 32.0 Å². The van der Waals surface area contributed by atoms with E-state index in [-0.39, 0.29) is 0 Å². The fourth-order valence-electron chi connectivity index (χ4n) is 17.9. The van der Waals surface area contributed by atoms with Crippen LogP contribution in [-0.4, -0.2) is 9.13 Å². The summed E-state index contributed by atoms with van der Waals surface area (Å²) in [7, 11) is 0. The largest absolute Gasteiger partial charge is 0.455 e. The maximum Gasteiger partial charge on any atom is 0.213 e. The Morgan fingerprint density at radius 3 is 1.27 bits per heavy atom. The minimum atomic E-state index is 0.836. The summed E-state index contributed by atoms with van der Waals surface area (Å²) in [4.78, 5) is 5.88. The highest BCUT2D eigenvalue weighted by atomic mass is 32.1. The van der Waals surface area contributed by atoms with Crippen molar-refractivity contribution in [1.82, 2.24) is 9.13 Å². The van der Waals surface area contributed by atoms with Crippen molar-refractivity contribution in [2.24, 2.45) is 0 Å². The first-order chi connectivity index (χ1) is 56.0. The van der Waals surface area contributed by atoms with Crippen molar-refractivity contribution in [2.45, 2.75) is 0 Å². The molecule has 7 heterocycles. The van der Waals surface area contributed by atoms with Gasteiger partial charge in [0, 0.05) is 132 Å². The Kier molecular flexibility index (Phi) is 13.8. The summed E-state index contributed by atoms with van der Waals surface area (Å²) >= 11 is 1.86. The fourth-order valence-corrected chi connectivity index (χ4v) is 19.1. The number of nitrogens with zero attached hydrogens (tertiary/aromatic N) is 4. The first kappa shape index (κ1) is 63.1. The van der Waals surface area contributed by atoms with E-state index in [2.05, 4.69) is 383 Å². The molecule has 0 atom stereocenters. The van der Waals surface area contributed by atoms with Gasteiger partial charge in [-0.3, -0.25) is 4.57 Å². The van der Waals surface area contributed by atoms with Crippen LogP contribution in [0, 0.1) is 0 Å². The third-order valence-corrected chi connectivity index (χ3v) is 24.3. The number of benzene rings is 18. The normalized spacial score (nSPS) is 12.1. The Hall–Kier alpha value is -14.9. The number of rotatable bonds is 9. The average molecular weight is 1460 g/mol. The first-order valence-electron chi connectivity index (χ1n) is 38.2. The van der Waals surface area contributed by atoms with E-state index in [0.717, 1.165) is 166 Å². The third kappa shape index (κ3) is 9.82. The molecule has 25 rings (SSSR count). The first-order valence-corrected chi connectivity index (χ1v) is 39.1. The maximum atomic E-state index is 6.92. The highest BCUT2D eigenvalue weighted by Gasteiger charge is 2.26. The zero-order chi connectivity index (χ0) is 73.9. The molecule has 0 spiro atoms. The van der Waals surface area contributed by atoms with E-state index < -0.39 is 0 Å². The van der Waals surface area contributed by atoms with Crippen LogP contribution in [-0.2, 0) is 0 Å². The standard InChI is InChI=1S/C52H30N2O3.C52H32N2OS/c1-3-11-37-31(9-1)17-25-41-39-27-23-35(29-47(39)55-50(37)41)53(36-24-28-40-42-26-18-32-10-2-4-12-38(32)51(42)56-48(40)30-36)33-19-21-34(22-20-33)54-45-15-7-5-13-43(45)49-44-14-6-8-16-46(44)57-52(49)54;1-2-12-36-32-37(21-20-33(36)10-1)34-22-25-38(26-23-34)53(47-18-9-16-42-43-31-24-35-11-3-4-13-41(35)50(43)55-51(42)47)39-27-29-40(30-28-39)54-46-17-7-5-14-44(46)49-45-15-6-8-19-48(45)56-52(49)54/h1-30H;1-32H. The topological polar surface area (TPSA) is 68.9 Å². The minimum Gasteiger partial charge on any atom is -0.455 e. The summed E-state index contributed by atoms with van der Waals surface area (Å²) in [5.41, 5.74) is 19.9. The van der Waals surface area contributed by atoms with E-state index in [1.807, 2.05) is 23.5 Å². The minimum absolute atomic E-state index is 0.836. The van der Waals surface area contributed by atoms with Crippen LogP contribution >= 0.6 is 11.3 Å². The molecule has 25 aromatic rings. The maximum absolute atomic E-state index is 6.92. The lowest BCUT2D eigenvalue weighted by Gasteiger charge is -2.26. The van der Waals surface area contributed by atoms with Gasteiger partial charge >= 0.3 is 0 Å². The molecule has 9 heteroatoms. The average Bonchev–Trinajstić information content (AvgIpc) is 1.57. The molecule has 0 saturated heterocycles. The van der Waals surface area contributed by atoms with Crippen LogP contribution in [0.25, 0.3) is 196 Å². The fraction of sp³-hybridized carbons (Fsp3) is 0. The molecule has 18 aromatic carbocycles. The van der Waals surface area contributed by atoms with Crippen molar-refractivity contribution in [3.63, 3.8) is 0 Å². The second-order valence-electron chi connectivity index (χ2n) is 29.4. The van der Waals surface area contributed by atoms with E-state index in [1.165, 1.54) is 63.9 Å². The van der Waals surface area contributed by atoms with Gasteiger partial charge in [0.1, 0.15) is 38.3 Å². The lowest BCUT2D eigenvalue weighted by atomic mass is 10.0. The second kappa shape index (κ2) is 24.8. The van der Waals surface area contributed by atoms with Crippen molar-refractivity contribution in [1.29, 1.82) is 0 Å². The van der Waals surface area contributed by atoms with Crippen LogP contribution in [0.2, 0.25) is 0 Å². The van der Waals surface area contributed by atoms with Gasteiger partial charge in [-0.05, 0) is 178 Å². The van der Waals surface area contributed by atoms with Crippen LogP contribution in [0.5, 0.6) is 0 Å². The lowest BCUT2D eigenvalue weighted by Crippen LogP contribution is -2.10. The predicted octanol–water partition coefficient (Wildman–Crippen LogP) is 30.4. The molecular formula is C104H62N4O4S. The molecule has 0 amide bonds. The molecule has 7 aromatic heterocycles. The zero-order valence-corrected chi connectivity index (χ0v) is 61.4. The van der Waals surface area contributed by atoms with Crippen LogP contribution in [0.15, 0.2) is 394 Å². The highest BCUT2D eigenvalue weighted by Crippen LogP contribution is 2.49. The molecule has 528 valence electrons. The number of furan rings is 4. The van der Waals surface area contributed by atoms with Gasteiger partial charge in [0.2, 0.25) is 5.71 Å². The second-order valence-corrected chi connectivity index (χ2v) is 30.4. The molecular weight excluding hydrogens is 1400 g/mol. The van der Waals surface area contributed by atoms with E-state index in [9.17, 15) is 0 Å². The van der Waals surface area contributed by atoms with Crippen LogP contribution in [0.4, 0.5) is 34.1 Å². The molecule has 0 bridgehead atoms. The van der Waals surface area contributed by atoms with Gasteiger partial charge in [-0.15, -0.1) is 11.3 Å². The van der Waals surface area contributed by atoms with Gasteiger partial charge in [0.25, 0.3) is 0 Å². The number of thiophene rings is 1. The van der Waals surface area contributed by atoms with Gasteiger partial charge in [0.15, 0.2) is 5.58 Å².